The maximum Gasteiger partial charge on any atom is 0.207 e. The number of anilines is 2. The van der Waals surface area contributed by atoms with Crippen LogP contribution in [-0.2, 0) is 6.54 Å². The van der Waals surface area contributed by atoms with Crippen LogP contribution < -0.4 is 5.32 Å². The molecule has 2 N–H and O–H groups in total. The first-order chi connectivity index (χ1) is 11.2. The van der Waals surface area contributed by atoms with Crippen molar-refractivity contribution in [2.24, 2.45) is 0 Å². The third-order valence-corrected chi connectivity index (χ3v) is 3.14. The fourth-order valence-corrected chi connectivity index (χ4v) is 2.07. The smallest absolute Gasteiger partial charge is 0.207 e. The summed E-state index contributed by atoms with van der Waals surface area (Å²) in [6.07, 6.45) is 0. The van der Waals surface area contributed by atoms with E-state index in [9.17, 15) is 8.78 Å². The lowest BCUT2D eigenvalue weighted by molar-refractivity contribution is 0.259. The zero-order chi connectivity index (χ0) is 16.2. The first-order valence-corrected chi connectivity index (χ1v) is 6.88. The molecule has 0 bridgehead atoms. The molecule has 0 saturated carbocycles. The van der Waals surface area contributed by atoms with Gasteiger partial charge >= 0.3 is 0 Å². The zero-order valence-corrected chi connectivity index (χ0v) is 11.9. The number of hydrogen-bond acceptors (Lipinski definition) is 5. The zero-order valence-electron chi connectivity index (χ0n) is 11.9. The van der Waals surface area contributed by atoms with Crippen LogP contribution in [0.2, 0.25) is 0 Å². The molecule has 3 rings (SSSR count). The van der Waals surface area contributed by atoms with Gasteiger partial charge in [-0.3, -0.25) is 0 Å². The van der Waals surface area contributed by atoms with Gasteiger partial charge in [-0.05, 0) is 29.5 Å². The van der Waals surface area contributed by atoms with Crippen LogP contribution in [0.4, 0.5) is 20.2 Å². The summed E-state index contributed by atoms with van der Waals surface area (Å²) in [6.45, 7) is 0.0979. The summed E-state index contributed by atoms with van der Waals surface area (Å²) in [5.74, 6) is -1.10. The van der Waals surface area contributed by atoms with Crippen molar-refractivity contribution in [3.05, 3.63) is 54.1 Å². The van der Waals surface area contributed by atoms with Crippen molar-refractivity contribution < 1.29 is 13.9 Å². The van der Waals surface area contributed by atoms with Gasteiger partial charge in [0.05, 0.1) is 13.2 Å². The second kappa shape index (κ2) is 6.49. The number of aromatic nitrogens is 4. The van der Waals surface area contributed by atoms with Crippen LogP contribution in [0.15, 0.2) is 42.5 Å². The summed E-state index contributed by atoms with van der Waals surface area (Å²) in [6, 6.07) is 10.5. The molecule has 8 heteroatoms. The first kappa shape index (κ1) is 15.0. The summed E-state index contributed by atoms with van der Waals surface area (Å²) in [7, 11) is 0. The molecule has 2 aromatic carbocycles. The van der Waals surface area contributed by atoms with Gasteiger partial charge < -0.3 is 10.4 Å². The average Bonchev–Trinajstić information content (AvgIpc) is 3.00. The Hall–Kier alpha value is -2.87. The number of para-hydroxylation sites is 2. The summed E-state index contributed by atoms with van der Waals surface area (Å²) >= 11 is 0. The summed E-state index contributed by atoms with van der Waals surface area (Å²) in [5, 5.41) is 23.4. The number of nitrogens with one attached hydrogen (secondary N) is 1. The highest BCUT2D eigenvalue weighted by atomic mass is 19.1. The van der Waals surface area contributed by atoms with Crippen molar-refractivity contribution in [1.29, 1.82) is 0 Å². The highest BCUT2D eigenvalue weighted by Gasteiger charge is 2.14. The van der Waals surface area contributed by atoms with Gasteiger partial charge in [-0.2, -0.15) is 4.80 Å². The van der Waals surface area contributed by atoms with Crippen LogP contribution in [0.5, 0.6) is 0 Å². The first-order valence-electron chi connectivity index (χ1n) is 6.88. The minimum absolute atomic E-state index is 0.115. The van der Waals surface area contributed by atoms with Crippen molar-refractivity contribution in [2.75, 3.05) is 11.9 Å². The molecule has 0 aliphatic rings. The number of tetrazole rings is 1. The van der Waals surface area contributed by atoms with E-state index in [1.807, 2.05) is 0 Å². The molecule has 6 nitrogen and oxygen atoms in total. The summed E-state index contributed by atoms with van der Waals surface area (Å²) in [5.41, 5.74) is 0.738. The predicted molar refractivity (Wildman–Crippen MR) is 80.0 cm³/mol. The minimum atomic E-state index is -0.698. The molecule has 0 saturated heterocycles. The number of benzene rings is 2. The Morgan fingerprint density at radius 3 is 2.52 bits per heavy atom. The molecular formula is C15H13F2N5O. The molecule has 118 valence electrons. The van der Waals surface area contributed by atoms with Gasteiger partial charge in [-0.15, -0.1) is 10.2 Å². The molecule has 23 heavy (non-hydrogen) atoms. The molecule has 0 spiro atoms. The van der Waals surface area contributed by atoms with Crippen molar-refractivity contribution in [3.8, 4) is 11.4 Å². The molecule has 0 amide bonds. The summed E-state index contributed by atoms with van der Waals surface area (Å²) in [4.78, 5) is 1.25. The molecule has 0 aliphatic heterocycles. The van der Waals surface area contributed by atoms with Crippen LogP contribution in [0.25, 0.3) is 11.4 Å². The number of rotatable bonds is 5. The van der Waals surface area contributed by atoms with Crippen LogP contribution in [0, 0.1) is 11.6 Å². The minimum Gasteiger partial charge on any atom is -0.394 e. The fraction of sp³-hybridized carbons (Fsp3) is 0.133. The molecule has 0 fully saturated rings. The number of aliphatic hydroxyl groups excluding tert-OH is 1. The molecule has 0 unspecified atom stereocenters. The van der Waals surface area contributed by atoms with Crippen LogP contribution in [0.3, 0.4) is 0 Å². The number of halogens is 2. The third kappa shape index (κ3) is 3.16. The van der Waals surface area contributed by atoms with E-state index in [1.165, 1.54) is 23.0 Å². The lowest BCUT2D eigenvalue weighted by Gasteiger charge is -2.11. The second-order valence-electron chi connectivity index (χ2n) is 4.70. The van der Waals surface area contributed by atoms with E-state index < -0.39 is 11.6 Å². The molecule has 1 aromatic heterocycles. The van der Waals surface area contributed by atoms with E-state index in [0.29, 0.717) is 17.1 Å². The Morgan fingerprint density at radius 1 is 1.04 bits per heavy atom. The van der Waals surface area contributed by atoms with Gasteiger partial charge in [-0.25, -0.2) is 8.78 Å². The molecule has 0 aliphatic carbocycles. The Kier molecular flexibility index (Phi) is 4.24. The van der Waals surface area contributed by atoms with Gasteiger partial charge in [0.1, 0.15) is 17.3 Å². The monoisotopic (exact) mass is 317 g/mol. The van der Waals surface area contributed by atoms with Gasteiger partial charge in [0.2, 0.25) is 5.82 Å². The quantitative estimate of drug-likeness (QED) is 0.755. The Balaban J connectivity index is 1.97. The van der Waals surface area contributed by atoms with Crippen molar-refractivity contribution in [3.63, 3.8) is 0 Å². The van der Waals surface area contributed by atoms with Crippen molar-refractivity contribution in [2.45, 2.75) is 6.54 Å². The number of hydrogen-bond donors (Lipinski definition) is 2. The highest BCUT2D eigenvalue weighted by molar-refractivity contribution is 5.77. The van der Waals surface area contributed by atoms with E-state index in [1.54, 1.807) is 24.3 Å². The largest absolute Gasteiger partial charge is 0.394 e. The Labute approximate surface area is 130 Å². The van der Waals surface area contributed by atoms with Crippen LogP contribution in [-0.4, -0.2) is 31.9 Å². The molecular weight excluding hydrogens is 304 g/mol. The predicted octanol–water partition coefficient (Wildman–Crippen LogP) is 2.35. The fourth-order valence-electron chi connectivity index (χ4n) is 2.07. The average molecular weight is 317 g/mol. The van der Waals surface area contributed by atoms with Gasteiger partial charge in [0.25, 0.3) is 0 Å². The maximum absolute atomic E-state index is 13.8. The van der Waals surface area contributed by atoms with Crippen molar-refractivity contribution in [1.82, 2.24) is 20.2 Å². The number of aliphatic hydroxyl groups is 1. The topological polar surface area (TPSA) is 75.9 Å². The van der Waals surface area contributed by atoms with Gasteiger partial charge in [0, 0.05) is 11.3 Å². The van der Waals surface area contributed by atoms with E-state index in [-0.39, 0.29) is 18.8 Å². The van der Waals surface area contributed by atoms with Crippen LogP contribution in [0.1, 0.15) is 0 Å². The lowest BCUT2D eigenvalue weighted by atomic mass is 10.1. The highest BCUT2D eigenvalue weighted by Crippen LogP contribution is 2.29. The standard InChI is InChI=1S/C15H13F2N5O/c16-11-5-3-6-12(17)14(11)18-13-7-2-1-4-10(13)15-19-21-22(20-15)8-9-23/h1-7,18,23H,8-9H2. The van der Waals surface area contributed by atoms with E-state index in [0.717, 1.165) is 0 Å². The summed E-state index contributed by atoms with van der Waals surface area (Å²) < 4.78 is 27.6. The third-order valence-electron chi connectivity index (χ3n) is 3.14. The Bertz CT molecular complexity index is 801. The SMILES string of the molecule is OCCn1nnc(-c2ccccc2Nc2c(F)cccc2F)n1. The lowest BCUT2D eigenvalue weighted by Crippen LogP contribution is -2.05. The second-order valence-corrected chi connectivity index (χ2v) is 4.70. The molecule has 3 aromatic rings. The molecule has 1 heterocycles. The van der Waals surface area contributed by atoms with E-state index >= 15 is 0 Å². The molecule has 0 radical (unpaired) electrons. The maximum atomic E-state index is 13.8. The number of nitrogens with zero attached hydrogens (tertiary/aromatic N) is 4. The Morgan fingerprint density at radius 2 is 1.78 bits per heavy atom. The van der Waals surface area contributed by atoms with E-state index in [2.05, 4.69) is 20.7 Å². The molecule has 0 atom stereocenters. The van der Waals surface area contributed by atoms with Gasteiger partial charge in [-0.1, -0.05) is 18.2 Å². The van der Waals surface area contributed by atoms with E-state index in [4.69, 9.17) is 5.11 Å². The van der Waals surface area contributed by atoms with Gasteiger partial charge in [0.15, 0.2) is 0 Å². The normalized spacial score (nSPS) is 10.7. The van der Waals surface area contributed by atoms with Crippen LogP contribution >= 0.6 is 0 Å². The van der Waals surface area contributed by atoms with Crippen molar-refractivity contribution >= 4 is 11.4 Å².